The van der Waals surface area contributed by atoms with Crippen LogP contribution in [0.15, 0.2) is 29.0 Å². The first kappa shape index (κ1) is 18.7. The van der Waals surface area contributed by atoms with E-state index in [0.29, 0.717) is 5.56 Å². The molecule has 0 saturated heterocycles. The Morgan fingerprint density at radius 2 is 2.04 bits per heavy atom. The van der Waals surface area contributed by atoms with Crippen molar-refractivity contribution < 1.29 is 39.7 Å². The van der Waals surface area contributed by atoms with Gasteiger partial charge in [0.1, 0.15) is 6.26 Å². The van der Waals surface area contributed by atoms with Crippen molar-refractivity contribution in [1.29, 1.82) is 0 Å². The highest BCUT2D eigenvalue weighted by Gasteiger charge is 2.48. The molecule has 0 bridgehead atoms. The summed E-state index contributed by atoms with van der Waals surface area (Å²) in [5, 5.41) is 0. The molecule has 0 aliphatic carbocycles. The zero-order chi connectivity index (χ0) is 18.7. The Balaban J connectivity index is 2.05. The van der Waals surface area contributed by atoms with Gasteiger partial charge in [0.2, 0.25) is 5.88 Å². The molecule has 0 unspecified atom stereocenters. The number of esters is 1. The number of hydrogen-bond donors (Lipinski definition) is 0. The Morgan fingerprint density at radius 3 is 2.60 bits per heavy atom. The Kier molecular flexibility index (Phi) is 5.30. The van der Waals surface area contributed by atoms with E-state index in [1.165, 1.54) is 6.07 Å². The molecule has 0 amide bonds. The lowest BCUT2D eigenvalue weighted by atomic mass is 10.2. The van der Waals surface area contributed by atoms with Gasteiger partial charge in [-0.05, 0) is 12.5 Å². The summed E-state index contributed by atoms with van der Waals surface area (Å²) in [7, 11) is -5.78. The maximum atomic E-state index is 12.2. The Bertz CT molecular complexity index is 845. The number of oxazole rings is 1. The minimum absolute atomic E-state index is 0.0268. The molecule has 8 nitrogen and oxygen atoms in total. The fourth-order valence-electron chi connectivity index (χ4n) is 1.59. The lowest BCUT2D eigenvalue weighted by molar-refractivity contribution is -0.0501. The van der Waals surface area contributed by atoms with Crippen LogP contribution in [0.1, 0.15) is 28.9 Å². The van der Waals surface area contributed by atoms with Crippen molar-refractivity contribution >= 4 is 16.1 Å². The number of ether oxygens (including phenoxy) is 1. The van der Waals surface area contributed by atoms with Gasteiger partial charge in [0, 0.05) is 12.3 Å². The molecular weight excluding hydrogens is 369 g/mol. The second-order valence-corrected chi connectivity index (χ2v) is 6.05. The van der Waals surface area contributed by atoms with E-state index in [1.54, 1.807) is 6.92 Å². The second-order valence-electron chi connectivity index (χ2n) is 4.51. The molecule has 0 atom stereocenters. The number of aromatic nitrogens is 2. The minimum atomic E-state index is -5.78. The standard InChI is InChI=1S/C13H11F3N2O6S/c1-2-22-12(19)9-7-23-11(18-9)5-8-3-4-10(17-6-8)24-25(20,21)13(14,15)16/h3-4,6-7H,2,5H2,1H3. The van der Waals surface area contributed by atoms with E-state index in [2.05, 4.69) is 14.2 Å². The number of rotatable bonds is 6. The number of hydrogen-bond acceptors (Lipinski definition) is 8. The average molecular weight is 380 g/mol. The zero-order valence-electron chi connectivity index (χ0n) is 12.6. The van der Waals surface area contributed by atoms with Crippen LogP contribution in [0.2, 0.25) is 0 Å². The van der Waals surface area contributed by atoms with Crippen LogP contribution in [0.25, 0.3) is 0 Å². The second kappa shape index (κ2) is 7.09. The topological polar surface area (TPSA) is 109 Å². The molecule has 0 aromatic carbocycles. The molecule has 0 radical (unpaired) electrons. The van der Waals surface area contributed by atoms with Crippen molar-refractivity contribution in [2.75, 3.05) is 6.61 Å². The van der Waals surface area contributed by atoms with Gasteiger partial charge in [-0.2, -0.15) is 21.6 Å². The summed E-state index contributed by atoms with van der Waals surface area (Å²) in [5.41, 5.74) is -5.13. The first-order chi connectivity index (χ1) is 11.6. The average Bonchev–Trinajstić information content (AvgIpc) is 2.97. The Labute approximate surface area is 139 Å². The van der Waals surface area contributed by atoms with Crippen LogP contribution in [-0.4, -0.2) is 36.5 Å². The molecule has 0 saturated carbocycles. The minimum Gasteiger partial charge on any atom is -0.461 e. The van der Waals surface area contributed by atoms with Crippen molar-refractivity contribution in [2.45, 2.75) is 18.9 Å². The summed E-state index contributed by atoms with van der Waals surface area (Å²) >= 11 is 0. The third-order valence-electron chi connectivity index (χ3n) is 2.67. The quantitative estimate of drug-likeness (QED) is 0.426. The number of pyridine rings is 1. The molecule has 2 aromatic heterocycles. The van der Waals surface area contributed by atoms with E-state index in [-0.39, 0.29) is 24.6 Å². The van der Waals surface area contributed by atoms with Gasteiger partial charge in [-0.15, -0.1) is 0 Å². The van der Waals surface area contributed by atoms with Crippen LogP contribution >= 0.6 is 0 Å². The fourth-order valence-corrected chi connectivity index (χ4v) is 2.01. The lowest BCUT2D eigenvalue weighted by Crippen LogP contribution is -2.28. The largest absolute Gasteiger partial charge is 0.534 e. The van der Waals surface area contributed by atoms with Gasteiger partial charge in [0.15, 0.2) is 11.6 Å². The van der Waals surface area contributed by atoms with Gasteiger partial charge in [-0.3, -0.25) is 0 Å². The molecule has 0 aliphatic rings. The monoisotopic (exact) mass is 380 g/mol. The molecule has 0 fully saturated rings. The van der Waals surface area contributed by atoms with Gasteiger partial charge in [-0.1, -0.05) is 6.07 Å². The van der Waals surface area contributed by atoms with Crippen molar-refractivity contribution in [1.82, 2.24) is 9.97 Å². The Morgan fingerprint density at radius 1 is 1.32 bits per heavy atom. The summed E-state index contributed by atoms with van der Waals surface area (Å²) < 4.78 is 72.0. The predicted octanol–water partition coefficient (Wildman–Crippen LogP) is 2.07. The summed E-state index contributed by atoms with van der Waals surface area (Å²) in [5.74, 6) is -1.25. The molecule has 0 N–H and O–H groups in total. The van der Waals surface area contributed by atoms with Gasteiger partial charge in [0.25, 0.3) is 0 Å². The van der Waals surface area contributed by atoms with Crippen LogP contribution in [-0.2, 0) is 21.3 Å². The molecular formula is C13H11F3N2O6S. The molecule has 2 rings (SSSR count). The molecule has 2 aromatic rings. The smallest absolute Gasteiger partial charge is 0.461 e. The van der Waals surface area contributed by atoms with E-state index in [4.69, 9.17) is 9.15 Å². The van der Waals surface area contributed by atoms with Gasteiger partial charge < -0.3 is 13.3 Å². The van der Waals surface area contributed by atoms with Crippen LogP contribution < -0.4 is 4.18 Å². The number of carbonyl (C=O) groups is 1. The van der Waals surface area contributed by atoms with E-state index in [0.717, 1.165) is 18.5 Å². The normalized spacial score (nSPS) is 12.0. The number of alkyl halides is 3. The highest BCUT2D eigenvalue weighted by Crippen LogP contribution is 2.26. The van der Waals surface area contributed by atoms with Crippen molar-refractivity contribution in [2.24, 2.45) is 0 Å². The zero-order valence-corrected chi connectivity index (χ0v) is 13.4. The number of nitrogens with zero attached hydrogens (tertiary/aromatic N) is 2. The molecule has 25 heavy (non-hydrogen) atoms. The van der Waals surface area contributed by atoms with Crippen LogP contribution in [0, 0.1) is 0 Å². The number of halogens is 3. The summed E-state index contributed by atoms with van der Waals surface area (Å²) in [4.78, 5) is 18.8. The first-order valence-electron chi connectivity index (χ1n) is 6.69. The van der Waals surface area contributed by atoms with Crippen molar-refractivity contribution in [3.8, 4) is 5.88 Å². The van der Waals surface area contributed by atoms with Gasteiger partial charge in [-0.25, -0.2) is 14.8 Å². The van der Waals surface area contributed by atoms with Crippen LogP contribution in [0.5, 0.6) is 5.88 Å². The fraction of sp³-hybridized carbons (Fsp3) is 0.308. The van der Waals surface area contributed by atoms with Crippen LogP contribution in [0.4, 0.5) is 13.2 Å². The third kappa shape index (κ3) is 4.68. The van der Waals surface area contributed by atoms with Gasteiger partial charge in [0.05, 0.1) is 13.0 Å². The van der Waals surface area contributed by atoms with E-state index < -0.39 is 27.5 Å². The van der Waals surface area contributed by atoms with Crippen molar-refractivity contribution in [3.63, 3.8) is 0 Å². The van der Waals surface area contributed by atoms with E-state index in [1.807, 2.05) is 0 Å². The van der Waals surface area contributed by atoms with Gasteiger partial charge >= 0.3 is 21.6 Å². The predicted molar refractivity (Wildman–Crippen MR) is 75.1 cm³/mol. The number of carbonyl (C=O) groups excluding carboxylic acids is 1. The maximum absolute atomic E-state index is 12.2. The summed E-state index contributed by atoms with van der Waals surface area (Å²) in [6.45, 7) is 1.81. The third-order valence-corrected chi connectivity index (χ3v) is 3.62. The summed E-state index contributed by atoms with van der Waals surface area (Å²) in [6, 6.07) is 2.23. The molecule has 136 valence electrons. The SMILES string of the molecule is CCOC(=O)c1coc(Cc2ccc(OS(=O)(=O)C(F)(F)F)nc2)n1. The first-order valence-corrected chi connectivity index (χ1v) is 8.10. The Hall–Kier alpha value is -2.63. The lowest BCUT2D eigenvalue weighted by Gasteiger charge is -2.08. The maximum Gasteiger partial charge on any atom is 0.534 e. The summed E-state index contributed by atoms with van der Waals surface area (Å²) in [6.07, 6.45) is 2.27. The molecule has 12 heteroatoms. The van der Waals surface area contributed by atoms with Crippen LogP contribution in [0.3, 0.4) is 0 Å². The van der Waals surface area contributed by atoms with E-state index in [9.17, 15) is 26.4 Å². The molecule has 0 spiro atoms. The highest BCUT2D eigenvalue weighted by atomic mass is 32.2. The van der Waals surface area contributed by atoms with E-state index >= 15 is 0 Å². The molecule has 2 heterocycles. The van der Waals surface area contributed by atoms with Crippen molar-refractivity contribution in [3.05, 3.63) is 41.7 Å². The highest BCUT2D eigenvalue weighted by molar-refractivity contribution is 7.87. The molecule has 0 aliphatic heterocycles.